The average molecular weight is 290 g/mol. The minimum absolute atomic E-state index is 0.0643. The number of pyridine rings is 1. The molecule has 0 saturated carbocycles. The minimum atomic E-state index is -1.45. The second kappa shape index (κ2) is 5.76. The van der Waals surface area contributed by atoms with Crippen LogP contribution in [-0.2, 0) is 4.79 Å². The number of hydrogen-bond acceptors (Lipinski definition) is 4. The molecule has 1 heterocycles. The number of nitrogens with one attached hydrogen (secondary N) is 2. The first-order valence-electron chi connectivity index (χ1n) is 6.24. The molecule has 0 fully saturated rings. The molecule has 4 N–H and O–H groups in total. The summed E-state index contributed by atoms with van der Waals surface area (Å²) in [5.74, 6) is -2.13. The zero-order valence-electron chi connectivity index (χ0n) is 11.2. The van der Waals surface area contributed by atoms with Crippen LogP contribution < -0.4 is 10.7 Å². The molecule has 1 aromatic heterocycles. The van der Waals surface area contributed by atoms with Crippen LogP contribution in [-0.4, -0.2) is 39.2 Å². The Labute approximate surface area is 119 Å². The number of H-pyrrole nitrogens is 1. The maximum absolute atomic E-state index is 12.0. The first-order valence-corrected chi connectivity index (χ1v) is 6.24. The van der Waals surface area contributed by atoms with E-state index in [-0.39, 0.29) is 11.1 Å². The number of benzene rings is 1. The predicted octanol–water partition coefficient (Wildman–Crippen LogP) is 0.0919. The van der Waals surface area contributed by atoms with Gasteiger partial charge in [0, 0.05) is 17.0 Å². The van der Waals surface area contributed by atoms with Crippen LogP contribution in [0, 0.1) is 0 Å². The lowest BCUT2D eigenvalue weighted by atomic mass is 10.1. The Balaban J connectivity index is 2.36. The maximum Gasteiger partial charge on any atom is 0.328 e. The largest absolute Gasteiger partial charge is 0.480 e. The molecule has 110 valence electrons. The van der Waals surface area contributed by atoms with E-state index in [4.69, 9.17) is 5.11 Å². The van der Waals surface area contributed by atoms with Crippen LogP contribution in [0.2, 0.25) is 0 Å². The number of rotatable bonds is 4. The van der Waals surface area contributed by atoms with E-state index in [1.54, 1.807) is 24.3 Å². The van der Waals surface area contributed by atoms with E-state index in [9.17, 15) is 19.5 Å². The summed E-state index contributed by atoms with van der Waals surface area (Å²) in [5.41, 5.74) is 0.0584. The first-order chi connectivity index (χ1) is 9.90. The van der Waals surface area contributed by atoms with Crippen molar-refractivity contribution >= 4 is 22.8 Å². The highest BCUT2D eigenvalue weighted by molar-refractivity contribution is 5.97. The van der Waals surface area contributed by atoms with E-state index in [1.165, 1.54) is 6.92 Å². The van der Waals surface area contributed by atoms with Crippen molar-refractivity contribution < 1.29 is 19.8 Å². The fourth-order valence-electron chi connectivity index (χ4n) is 1.93. The number of aromatic amines is 1. The van der Waals surface area contributed by atoms with Gasteiger partial charge in [-0.2, -0.15) is 0 Å². The number of amides is 1. The fourth-order valence-corrected chi connectivity index (χ4v) is 1.93. The first kappa shape index (κ1) is 14.7. The summed E-state index contributed by atoms with van der Waals surface area (Å²) in [6.45, 7) is 1.25. The Bertz CT molecular complexity index is 750. The smallest absolute Gasteiger partial charge is 0.328 e. The van der Waals surface area contributed by atoms with Crippen LogP contribution in [0.1, 0.15) is 17.4 Å². The van der Waals surface area contributed by atoms with Crippen LogP contribution in [0.15, 0.2) is 35.1 Å². The molecule has 2 aromatic rings. The standard InChI is InChI=1S/C14H14N2O5/c1-7(17)12(14(20)21)16-13(19)10-6-11(18)8-4-2-3-5-9(8)15-10/h2-7,12,17H,1H3,(H,15,18)(H,16,19)(H,20,21)/t7-,12+/m1/s1. The third kappa shape index (κ3) is 3.09. The van der Waals surface area contributed by atoms with Crippen LogP contribution in [0.4, 0.5) is 0 Å². The number of aromatic nitrogens is 1. The van der Waals surface area contributed by atoms with E-state index in [2.05, 4.69) is 10.3 Å². The van der Waals surface area contributed by atoms with Gasteiger partial charge in [0.05, 0.1) is 6.10 Å². The molecule has 1 aromatic carbocycles. The zero-order chi connectivity index (χ0) is 15.6. The van der Waals surface area contributed by atoms with E-state index >= 15 is 0 Å². The van der Waals surface area contributed by atoms with E-state index in [0.717, 1.165) is 6.07 Å². The second-order valence-corrected chi connectivity index (χ2v) is 4.62. The van der Waals surface area contributed by atoms with Crippen LogP contribution in [0.5, 0.6) is 0 Å². The Morgan fingerprint density at radius 2 is 1.95 bits per heavy atom. The molecule has 7 nitrogen and oxygen atoms in total. The normalized spacial score (nSPS) is 13.6. The number of fused-ring (bicyclic) bond motifs is 1. The van der Waals surface area contributed by atoms with Crippen molar-refractivity contribution in [2.45, 2.75) is 19.1 Å². The summed E-state index contributed by atoms with van der Waals surface area (Å²) in [4.78, 5) is 37.6. The molecular formula is C14H14N2O5. The summed E-state index contributed by atoms with van der Waals surface area (Å²) < 4.78 is 0. The molecule has 1 amide bonds. The van der Waals surface area contributed by atoms with Gasteiger partial charge in [0.1, 0.15) is 5.69 Å². The van der Waals surface area contributed by atoms with Gasteiger partial charge in [-0.15, -0.1) is 0 Å². The van der Waals surface area contributed by atoms with Crippen molar-refractivity contribution in [3.63, 3.8) is 0 Å². The highest BCUT2D eigenvalue weighted by atomic mass is 16.4. The van der Waals surface area contributed by atoms with Crippen molar-refractivity contribution in [2.75, 3.05) is 0 Å². The third-order valence-corrected chi connectivity index (χ3v) is 3.02. The monoisotopic (exact) mass is 290 g/mol. The summed E-state index contributed by atoms with van der Waals surface area (Å²) in [6.07, 6.45) is -1.27. The highest BCUT2D eigenvalue weighted by Gasteiger charge is 2.25. The molecule has 2 atom stereocenters. The molecule has 0 radical (unpaired) electrons. The molecule has 0 bridgehead atoms. The third-order valence-electron chi connectivity index (χ3n) is 3.02. The summed E-state index contributed by atoms with van der Waals surface area (Å²) in [6, 6.07) is 6.30. The van der Waals surface area contributed by atoms with E-state index in [1.807, 2.05) is 0 Å². The van der Waals surface area contributed by atoms with Crippen LogP contribution >= 0.6 is 0 Å². The van der Waals surface area contributed by atoms with Gasteiger partial charge in [0.15, 0.2) is 11.5 Å². The number of carbonyl (C=O) groups is 2. The van der Waals surface area contributed by atoms with Crippen molar-refractivity contribution in [1.29, 1.82) is 0 Å². The van der Waals surface area contributed by atoms with Crippen LogP contribution in [0.3, 0.4) is 0 Å². The number of aliphatic hydroxyl groups excluding tert-OH is 1. The fraction of sp³-hybridized carbons (Fsp3) is 0.214. The van der Waals surface area contributed by atoms with Gasteiger partial charge in [0.25, 0.3) is 5.91 Å². The Morgan fingerprint density at radius 3 is 2.57 bits per heavy atom. The molecule has 2 rings (SSSR count). The Hall–Kier alpha value is -2.67. The predicted molar refractivity (Wildman–Crippen MR) is 75.1 cm³/mol. The lowest BCUT2D eigenvalue weighted by Crippen LogP contribution is -2.47. The molecular weight excluding hydrogens is 276 g/mol. The number of para-hydroxylation sites is 1. The van der Waals surface area contributed by atoms with E-state index < -0.39 is 24.0 Å². The minimum Gasteiger partial charge on any atom is -0.480 e. The van der Waals surface area contributed by atoms with Gasteiger partial charge in [-0.1, -0.05) is 12.1 Å². The van der Waals surface area contributed by atoms with Crippen molar-refractivity contribution in [3.8, 4) is 0 Å². The molecule has 0 saturated heterocycles. The number of carbonyl (C=O) groups excluding carboxylic acids is 1. The topological polar surface area (TPSA) is 119 Å². The van der Waals surface area contributed by atoms with Gasteiger partial charge in [-0.3, -0.25) is 9.59 Å². The summed E-state index contributed by atoms with van der Waals surface area (Å²) in [7, 11) is 0. The number of aliphatic carboxylic acids is 1. The molecule has 21 heavy (non-hydrogen) atoms. The number of carboxylic acids is 1. The maximum atomic E-state index is 12.0. The molecule has 0 spiro atoms. The molecule has 0 aliphatic heterocycles. The lowest BCUT2D eigenvalue weighted by Gasteiger charge is -2.17. The lowest BCUT2D eigenvalue weighted by molar-refractivity contribution is -0.141. The van der Waals surface area contributed by atoms with Gasteiger partial charge >= 0.3 is 5.97 Å². The second-order valence-electron chi connectivity index (χ2n) is 4.62. The quantitative estimate of drug-likeness (QED) is 0.636. The zero-order valence-corrected chi connectivity index (χ0v) is 11.2. The van der Waals surface area contributed by atoms with Gasteiger partial charge in [0.2, 0.25) is 0 Å². The van der Waals surface area contributed by atoms with Gasteiger partial charge in [-0.05, 0) is 19.1 Å². The number of carboxylic acid groups (broad SMARTS) is 1. The van der Waals surface area contributed by atoms with Crippen molar-refractivity contribution in [1.82, 2.24) is 10.3 Å². The van der Waals surface area contributed by atoms with Gasteiger partial charge < -0.3 is 20.5 Å². The summed E-state index contributed by atoms with van der Waals surface area (Å²) in [5, 5.41) is 20.9. The average Bonchev–Trinajstić information content (AvgIpc) is 2.43. The Morgan fingerprint density at radius 1 is 1.29 bits per heavy atom. The number of hydrogen-bond donors (Lipinski definition) is 4. The van der Waals surface area contributed by atoms with Crippen molar-refractivity contribution in [3.05, 3.63) is 46.2 Å². The van der Waals surface area contributed by atoms with Crippen molar-refractivity contribution in [2.24, 2.45) is 0 Å². The van der Waals surface area contributed by atoms with Crippen LogP contribution in [0.25, 0.3) is 10.9 Å². The molecule has 0 aliphatic rings. The summed E-state index contributed by atoms with van der Waals surface area (Å²) >= 11 is 0. The number of aliphatic hydroxyl groups is 1. The molecule has 0 unspecified atom stereocenters. The van der Waals surface area contributed by atoms with E-state index in [0.29, 0.717) is 10.9 Å². The molecule has 7 heteroatoms. The SMILES string of the molecule is C[C@@H](O)[C@H](NC(=O)c1cc(=O)c2ccccc2[nH]1)C(=O)O. The van der Waals surface area contributed by atoms with Gasteiger partial charge in [-0.25, -0.2) is 4.79 Å². The highest BCUT2D eigenvalue weighted by Crippen LogP contribution is 2.07. The Kier molecular flexibility index (Phi) is 4.04. The molecule has 0 aliphatic carbocycles.